The number of amides is 1. The van der Waals surface area contributed by atoms with Crippen LogP contribution in [-0.4, -0.2) is 34.0 Å². The summed E-state index contributed by atoms with van der Waals surface area (Å²) in [7, 11) is 0. The summed E-state index contributed by atoms with van der Waals surface area (Å²) in [5, 5.41) is 12.6. The van der Waals surface area contributed by atoms with Gasteiger partial charge in [0.2, 0.25) is 0 Å². The van der Waals surface area contributed by atoms with Crippen LogP contribution in [0.4, 0.5) is 0 Å². The molecule has 0 bridgehead atoms. The SMILES string of the molecule is CCC(CO)NC(=O)c1cc2c(n(-c3ccc(Cl)cc3)c1=O)CC(C)(C)CC2=O. The largest absolute Gasteiger partial charge is 0.394 e. The van der Waals surface area contributed by atoms with E-state index in [1.54, 1.807) is 24.3 Å². The van der Waals surface area contributed by atoms with E-state index in [1.807, 2.05) is 20.8 Å². The Morgan fingerprint density at radius 3 is 2.48 bits per heavy atom. The van der Waals surface area contributed by atoms with E-state index in [0.29, 0.717) is 41.2 Å². The van der Waals surface area contributed by atoms with Gasteiger partial charge in [-0.2, -0.15) is 0 Å². The number of carbonyl (C=O) groups is 2. The normalized spacial score (nSPS) is 16.2. The molecule has 2 N–H and O–H groups in total. The zero-order valence-electron chi connectivity index (χ0n) is 16.8. The molecule has 0 saturated heterocycles. The van der Waals surface area contributed by atoms with Gasteiger partial charge in [-0.25, -0.2) is 0 Å². The Labute approximate surface area is 174 Å². The lowest BCUT2D eigenvalue weighted by molar-refractivity contribution is 0.0907. The Balaban J connectivity index is 2.23. The Morgan fingerprint density at radius 2 is 1.90 bits per heavy atom. The Bertz CT molecular complexity index is 1000. The van der Waals surface area contributed by atoms with Gasteiger partial charge in [-0.3, -0.25) is 19.0 Å². The molecule has 1 amide bonds. The molecule has 6 nitrogen and oxygen atoms in total. The number of pyridine rings is 1. The number of Topliss-reactive ketones (excluding diaryl/α,β-unsaturated/α-hetero) is 1. The molecular formula is C22H25ClN2O4. The van der Waals surface area contributed by atoms with Crippen LogP contribution in [-0.2, 0) is 6.42 Å². The van der Waals surface area contributed by atoms with Gasteiger partial charge in [0.25, 0.3) is 11.5 Å². The van der Waals surface area contributed by atoms with Gasteiger partial charge in [-0.15, -0.1) is 0 Å². The molecule has 1 aliphatic carbocycles. The summed E-state index contributed by atoms with van der Waals surface area (Å²) >= 11 is 5.99. The molecule has 0 spiro atoms. The van der Waals surface area contributed by atoms with E-state index in [-0.39, 0.29) is 23.4 Å². The third kappa shape index (κ3) is 4.28. The van der Waals surface area contributed by atoms with Crippen LogP contribution < -0.4 is 10.9 Å². The molecule has 154 valence electrons. The first kappa shape index (κ1) is 21.3. The van der Waals surface area contributed by atoms with E-state index in [4.69, 9.17) is 11.6 Å². The minimum atomic E-state index is -0.598. The summed E-state index contributed by atoms with van der Waals surface area (Å²) in [5.74, 6) is -0.693. The van der Waals surface area contributed by atoms with E-state index in [1.165, 1.54) is 10.6 Å². The predicted molar refractivity (Wildman–Crippen MR) is 112 cm³/mol. The highest BCUT2D eigenvalue weighted by atomic mass is 35.5. The minimum Gasteiger partial charge on any atom is -0.394 e. The lowest BCUT2D eigenvalue weighted by Crippen LogP contribution is -2.42. The van der Waals surface area contributed by atoms with Crippen LogP contribution in [0.3, 0.4) is 0 Å². The molecule has 1 aromatic carbocycles. The molecule has 1 heterocycles. The van der Waals surface area contributed by atoms with E-state index >= 15 is 0 Å². The minimum absolute atomic E-state index is 0.0952. The van der Waals surface area contributed by atoms with Gasteiger partial charge in [-0.05, 0) is 48.6 Å². The van der Waals surface area contributed by atoms with E-state index in [9.17, 15) is 19.5 Å². The highest BCUT2D eigenvalue weighted by Crippen LogP contribution is 2.35. The van der Waals surface area contributed by atoms with Crippen molar-refractivity contribution in [1.29, 1.82) is 0 Å². The maximum Gasteiger partial charge on any atom is 0.268 e. The Morgan fingerprint density at radius 1 is 1.24 bits per heavy atom. The molecule has 1 atom stereocenters. The highest BCUT2D eigenvalue weighted by molar-refractivity contribution is 6.30. The van der Waals surface area contributed by atoms with Gasteiger partial charge in [0.15, 0.2) is 5.78 Å². The summed E-state index contributed by atoms with van der Waals surface area (Å²) in [4.78, 5) is 39.0. The van der Waals surface area contributed by atoms with Crippen molar-refractivity contribution in [1.82, 2.24) is 9.88 Å². The monoisotopic (exact) mass is 416 g/mol. The van der Waals surface area contributed by atoms with Crippen molar-refractivity contribution in [3.8, 4) is 5.69 Å². The van der Waals surface area contributed by atoms with Crippen molar-refractivity contribution in [3.05, 3.63) is 62.5 Å². The smallest absolute Gasteiger partial charge is 0.268 e. The number of carbonyl (C=O) groups excluding carboxylic acids is 2. The van der Waals surface area contributed by atoms with Gasteiger partial charge in [0, 0.05) is 28.4 Å². The molecule has 1 aromatic heterocycles. The first-order valence-corrected chi connectivity index (χ1v) is 10.0. The lowest BCUT2D eigenvalue weighted by Gasteiger charge is -2.32. The molecule has 2 aromatic rings. The molecule has 1 unspecified atom stereocenters. The number of halogens is 1. The predicted octanol–water partition coefficient (Wildman–Crippen LogP) is 3.15. The molecule has 1 aliphatic rings. The molecule has 0 radical (unpaired) electrons. The molecule has 0 aliphatic heterocycles. The fourth-order valence-corrected chi connectivity index (χ4v) is 3.81. The summed E-state index contributed by atoms with van der Waals surface area (Å²) < 4.78 is 1.44. The lowest BCUT2D eigenvalue weighted by atomic mass is 9.75. The average molecular weight is 417 g/mol. The van der Waals surface area contributed by atoms with Crippen LogP contribution in [0.1, 0.15) is 60.0 Å². The van der Waals surface area contributed by atoms with E-state index in [2.05, 4.69) is 5.32 Å². The van der Waals surface area contributed by atoms with Crippen LogP contribution in [0.2, 0.25) is 5.02 Å². The standard InChI is InChI=1S/C22H25ClN2O4/c1-4-14(12-26)24-20(28)17-9-16-18(10-22(2,3)11-19(16)27)25(21(17)29)15-7-5-13(23)6-8-15/h5-9,14,26H,4,10-12H2,1-3H3,(H,24,28). The first-order valence-electron chi connectivity index (χ1n) is 9.66. The van der Waals surface area contributed by atoms with E-state index < -0.39 is 17.5 Å². The van der Waals surface area contributed by atoms with Crippen LogP contribution >= 0.6 is 11.6 Å². The van der Waals surface area contributed by atoms with Crippen LogP contribution in [0.25, 0.3) is 5.69 Å². The zero-order chi connectivity index (χ0) is 21.3. The van der Waals surface area contributed by atoms with Crippen LogP contribution in [0.5, 0.6) is 0 Å². The number of fused-ring (bicyclic) bond motifs is 1. The number of nitrogens with one attached hydrogen (secondary N) is 1. The zero-order valence-corrected chi connectivity index (χ0v) is 17.5. The number of benzene rings is 1. The highest BCUT2D eigenvalue weighted by Gasteiger charge is 2.35. The second kappa shape index (κ2) is 8.13. The molecular weight excluding hydrogens is 392 g/mol. The number of rotatable bonds is 5. The fraction of sp³-hybridized carbons (Fsp3) is 0.409. The summed E-state index contributed by atoms with van der Waals surface area (Å²) in [5.41, 5.74) is 0.634. The summed E-state index contributed by atoms with van der Waals surface area (Å²) in [6.07, 6.45) is 1.39. The van der Waals surface area contributed by atoms with Gasteiger partial charge in [-0.1, -0.05) is 32.4 Å². The number of hydrogen-bond acceptors (Lipinski definition) is 4. The number of nitrogens with zero attached hydrogens (tertiary/aromatic N) is 1. The molecule has 7 heteroatoms. The molecule has 29 heavy (non-hydrogen) atoms. The van der Waals surface area contributed by atoms with Crippen LogP contribution in [0, 0.1) is 5.41 Å². The average Bonchev–Trinajstić information content (AvgIpc) is 2.66. The number of aromatic nitrogens is 1. The number of ketones is 1. The molecule has 0 saturated carbocycles. The third-order valence-electron chi connectivity index (χ3n) is 5.27. The van der Waals surface area contributed by atoms with E-state index in [0.717, 1.165) is 0 Å². The molecule has 3 rings (SSSR count). The van der Waals surface area contributed by atoms with Crippen molar-refractivity contribution >= 4 is 23.3 Å². The van der Waals surface area contributed by atoms with Gasteiger partial charge in [0.1, 0.15) is 5.56 Å². The number of aliphatic hydroxyl groups excluding tert-OH is 1. The Kier molecular flexibility index (Phi) is 5.96. The van der Waals surface area contributed by atoms with Crippen molar-refractivity contribution in [2.45, 2.75) is 46.1 Å². The fourth-order valence-electron chi connectivity index (χ4n) is 3.68. The van der Waals surface area contributed by atoms with Crippen molar-refractivity contribution in [2.75, 3.05) is 6.61 Å². The summed E-state index contributed by atoms with van der Waals surface area (Å²) in [6, 6.07) is 7.66. The third-order valence-corrected chi connectivity index (χ3v) is 5.52. The second-order valence-electron chi connectivity index (χ2n) is 8.24. The van der Waals surface area contributed by atoms with Crippen LogP contribution in [0.15, 0.2) is 35.1 Å². The molecule has 0 fully saturated rings. The number of hydrogen-bond donors (Lipinski definition) is 2. The van der Waals surface area contributed by atoms with Crippen molar-refractivity contribution in [2.24, 2.45) is 5.41 Å². The van der Waals surface area contributed by atoms with Crippen molar-refractivity contribution in [3.63, 3.8) is 0 Å². The maximum absolute atomic E-state index is 13.3. The van der Waals surface area contributed by atoms with Gasteiger partial charge in [0.05, 0.1) is 12.6 Å². The quantitative estimate of drug-likeness (QED) is 0.783. The summed E-state index contributed by atoms with van der Waals surface area (Å²) in [6.45, 7) is 5.56. The second-order valence-corrected chi connectivity index (χ2v) is 8.67. The van der Waals surface area contributed by atoms with Gasteiger partial charge >= 0.3 is 0 Å². The first-order chi connectivity index (χ1) is 13.7. The van der Waals surface area contributed by atoms with Gasteiger partial charge < -0.3 is 10.4 Å². The topological polar surface area (TPSA) is 88.4 Å². The number of aliphatic hydroxyl groups is 1. The maximum atomic E-state index is 13.3. The van der Waals surface area contributed by atoms with Crippen molar-refractivity contribution < 1.29 is 14.7 Å². The Hall–Kier alpha value is -2.44.